The van der Waals surface area contributed by atoms with Gasteiger partial charge in [-0.1, -0.05) is 37.1 Å². The number of rotatable bonds is 4. The number of nitrogens with one attached hydrogen (secondary N) is 2. The lowest BCUT2D eigenvalue weighted by atomic mass is 9.72. The first kappa shape index (κ1) is 17.0. The van der Waals surface area contributed by atoms with Gasteiger partial charge in [-0.2, -0.15) is 0 Å². The lowest BCUT2D eigenvalue weighted by Crippen LogP contribution is -2.60. The minimum Gasteiger partial charge on any atom is -0.296 e. The van der Waals surface area contributed by atoms with Crippen LogP contribution in [0.4, 0.5) is 0 Å². The molecule has 4 unspecified atom stereocenters. The maximum absolute atomic E-state index is 12.1. The second-order valence-electron chi connectivity index (χ2n) is 8.28. The van der Waals surface area contributed by atoms with Crippen LogP contribution in [-0.2, 0) is 17.8 Å². The van der Waals surface area contributed by atoms with Gasteiger partial charge in [-0.25, -0.2) is 5.43 Å². The van der Waals surface area contributed by atoms with E-state index in [9.17, 15) is 4.79 Å². The molecule has 1 saturated carbocycles. The molecule has 1 amide bonds. The molecule has 4 rings (SSSR count). The molecule has 2 heterocycles. The summed E-state index contributed by atoms with van der Waals surface area (Å²) in [6.45, 7) is 4.65. The smallest absolute Gasteiger partial charge is 0.237 e. The van der Waals surface area contributed by atoms with Crippen LogP contribution in [0.15, 0.2) is 24.3 Å². The van der Waals surface area contributed by atoms with Crippen molar-refractivity contribution in [3.8, 4) is 0 Å². The average molecular weight is 341 g/mol. The van der Waals surface area contributed by atoms with Crippen molar-refractivity contribution >= 4 is 5.91 Å². The Morgan fingerprint density at radius 3 is 2.56 bits per heavy atom. The molecule has 2 N–H and O–H groups in total. The largest absolute Gasteiger partial charge is 0.296 e. The molecule has 4 nitrogen and oxygen atoms in total. The van der Waals surface area contributed by atoms with E-state index in [0.717, 1.165) is 25.4 Å². The van der Waals surface area contributed by atoms with E-state index in [0.29, 0.717) is 12.0 Å². The molecule has 3 aliphatic rings. The summed E-state index contributed by atoms with van der Waals surface area (Å²) >= 11 is 0. The van der Waals surface area contributed by atoms with E-state index in [-0.39, 0.29) is 11.8 Å². The number of amides is 1. The summed E-state index contributed by atoms with van der Waals surface area (Å²) in [6, 6.07) is 10.2. The zero-order chi connectivity index (χ0) is 17.2. The van der Waals surface area contributed by atoms with Crippen LogP contribution in [0.25, 0.3) is 0 Å². The first-order valence-corrected chi connectivity index (χ1v) is 10.1. The molecular formula is C21H31N3O. The summed E-state index contributed by atoms with van der Waals surface area (Å²) < 4.78 is 0. The highest BCUT2D eigenvalue weighted by molar-refractivity contribution is 5.79. The summed E-state index contributed by atoms with van der Waals surface area (Å²) in [4.78, 5) is 14.7. The molecule has 25 heavy (non-hydrogen) atoms. The van der Waals surface area contributed by atoms with Crippen molar-refractivity contribution in [2.45, 2.75) is 70.5 Å². The van der Waals surface area contributed by atoms with E-state index in [2.05, 4.69) is 46.9 Å². The van der Waals surface area contributed by atoms with E-state index in [1.54, 1.807) is 0 Å². The van der Waals surface area contributed by atoms with Gasteiger partial charge in [0.15, 0.2) is 0 Å². The number of fused-ring (bicyclic) bond motifs is 1. The second-order valence-corrected chi connectivity index (χ2v) is 8.28. The van der Waals surface area contributed by atoms with Crippen LogP contribution < -0.4 is 10.9 Å². The molecule has 2 aliphatic heterocycles. The SMILES string of the molecule is CC1CCCN1Cc1ccc(CC2NNC(=O)C3CCCCC23)cc1. The first-order chi connectivity index (χ1) is 12.2. The Hall–Kier alpha value is -1.39. The van der Waals surface area contributed by atoms with Gasteiger partial charge in [-0.05, 0) is 62.6 Å². The van der Waals surface area contributed by atoms with Crippen LogP contribution in [0.1, 0.15) is 56.6 Å². The zero-order valence-corrected chi connectivity index (χ0v) is 15.3. The second kappa shape index (κ2) is 7.46. The number of benzene rings is 1. The number of hydrogen-bond acceptors (Lipinski definition) is 3. The Kier molecular flexibility index (Phi) is 5.09. The van der Waals surface area contributed by atoms with Crippen molar-refractivity contribution in [1.29, 1.82) is 0 Å². The highest BCUT2D eigenvalue weighted by Crippen LogP contribution is 2.35. The van der Waals surface area contributed by atoms with Gasteiger partial charge in [0, 0.05) is 24.5 Å². The number of nitrogens with zero attached hydrogens (tertiary/aromatic N) is 1. The third kappa shape index (κ3) is 3.75. The molecule has 0 radical (unpaired) electrons. The normalized spacial score (nSPS) is 33.1. The predicted molar refractivity (Wildman–Crippen MR) is 99.8 cm³/mol. The van der Waals surface area contributed by atoms with Crippen molar-refractivity contribution in [2.75, 3.05) is 6.54 Å². The molecule has 0 aromatic heterocycles. The van der Waals surface area contributed by atoms with Crippen molar-refractivity contribution < 1.29 is 4.79 Å². The van der Waals surface area contributed by atoms with E-state index in [1.165, 1.54) is 49.8 Å². The van der Waals surface area contributed by atoms with Gasteiger partial charge >= 0.3 is 0 Å². The van der Waals surface area contributed by atoms with Crippen LogP contribution >= 0.6 is 0 Å². The van der Waals surface area contributed by atoms with Crippen LogP contribution in [0, 0.1) is 11.8 Å². The van der Waals surface area contributed by atoms with E-state index in [1.807, 2.05) is 0 Å². The molecule has 1 aromatic rings. The molecule has 4 atom stereocenters. The van der Waals surface area contributed by atoms with Gasteiger partial charge in [0.1, 0.15) is 0 Å². The van der Waals surface area contributed by atoms with Crippen molar-refractivity contribution in [1.82, 2.24) is 15.8 Å². The van der Waals surface area contributed by atoms with E-state index in [4.69, 9.17) is 0 Å². The van der Waals surface area contributed by atoms with Gasteiger partial charge < -0.3 is 0 Å². The van der Waals surface area contributed by atoms with Crippen LogP contribution in [-0.4, -0.2) is 29.4 Å². The highest BCUT2D eigenvalue weighted by atomic mass is 16.2. The van der Waals surface area contributed by atoms with Crippen LogP contribution in [0.5, 0.6) is 0 Å². The molecule has 0 spiro atoms. The van der Waals surface area contributed by atoms with Crippen molar-refractivity contribution in [2.24, 2.45) is 11.8 Å². The molecule has 1 aromatic carbocycles. The van der Waals surface area contributed by atoms with Gasteiger partial charge in [-0.15, -0.1) is 0 Å². The molecule has 0 bridgehead atoms. The fourth-order valence-electron chi connectivity index (χ4n) is 5.03. The summed E-state index contributed by atoms with van der Waals surface area (Å²) in [5.41, 5.74) is 8.99. The first-order valence-electron chi connectivity index (χ1n) is 10.1. The van der Waals surface area contributed by atoms with Gasteiger partial charge in [0.25, 0.3) is 0 Å². The third-order valence-electron chi connectivity index (χ3n) is 6.61. The zero-order valence-electron chi connectivity index (χ0n) is 15.3. The van der Waals surface area contributed by atoms with Gasteiger partial charge in [0.05, 0.1) is 0 Å². The predicted octanol–water partition coefficient (Wildman–Crippen LogP) is 3.02. The van der Waals surface area contributed by atoms with Gasteiger partial charge in [-0.3, -0.25) is 15.1 Å². The lowest BCUT2D eigenvalue weighted by molar-refractivity contribution is -0.133. The number of carbonyl (C=O) groups excluding carboxylic acids is 1. The number of hydrazine groups is 1. The Morgan fingerprint density at radius 1 is 1.04 bits per heavy atom. The fraction of sp³-hybridized carbons (Fsp3) is 0.667. The van der Waals surface area contributed by atoms with E-state index < -0.39 is 0 Å². The molecule has 4 heteroatoms. The number of hydrogen-bond donors (Lipinski definition) is 2. The molecule has 1 aliphatic carbocycles. The van der Waals surface area contributed by atoms with Crippen molar-refractivity contribution in [3.05, 3.63) is 35.4 Å². The minimum absolute atomic E-state index is 0.205. The fourth-order valence-corrected chi connectivity index (χ4v) is 5.03. The summed E-state index contributed by atoms with van der Waals surface area (Å²) in [6.07, 6.45) is 8.37. The number of likely N-dealkylation sites (tertiary alicyclic amines) is 1. The molecule has 136 valence electrons. The lowest BCUT2D eigenvalue weighted by Gasteiger charge is -2.41. The maximum atomic E-state index is 12.1. The Bertz CT molecular complexity index is 600. The highest BCUT2D eigenvalue weighted by Gasteiger charge is 2.39. The Labute approximate surface area is 151 Å². The summed E-state index contributed by atoms with van der Waals surface area (Å²) in [7, 11) is 0. The topological polar surface area (TPSA) is 44.4 Å². The van der Waals surface area contributed by atoms with Crippen molar-refractivity contribution in [3.63, 3.8) is 0 Å². The maximum Gasteiger partial charge on any atom is 0.237 e. The monoisotopic (exact) mass is 341 g/mol. The van der Waals surface area contributed by atoms with E-state index >= 15 is 0 Å². The minimum atomic E-state index is 0.205. The van der Waals surface area contributed by atoms with Gasteiger partial charge in [0.2, 0.25) is 5.91 Å². The third-order valence-corrected chi connectivity index (χ3v) is 6.61. The molecular weight excluding hydrogens is 310 g/mol. The molecule has 2 saturated heterocycles. The average Bonchev–Trinajstić information content (AvgIpc) is 3.04. The standard InChI is InChI=1S/C21H31N3O/c1-15-5-4-12-24(15)14-17-10-8-16(9-11-17)13-20-18-6-2-3-7-19(18)21(25)23-22-20/h8-11,15,18-20,22H,2-7,12-14H2,1H3,(H,23,25). The molecule has 3 fully saturated rings. The number of carbonyl (C=O) groups is 1. The summed E-state index contributed by atoms with van der Waals surface area (Å²) in [5, 5.41) is 0. The Balaban J connectivity index is 1.38. The van der Waals surface area contributed by atoms with Crippen LogP contribution in [0.3, 0.4) is 0 Å². The quantitative estimate of drug-likeness (QED) is 0.885. The van der Waals surface area contributed by atoms with Crippen LogP contribution in [0.2, 0.25) is 0 Å². The summed E-state index contributed by atoms with van der Waals surface area (Å²) in [5.74, 6) is 0.916. The Morgan fingerprint density at radius 2 is 1.80 bits per heavy atom.